The SMILES string of the molecule is C=C[C@@H](N)c1cccc(F)c1C(=O)O. The van der Waals surface area contributed by atoms with Gasteiger partial charge >= 0.3 is 5.97 Å². The Morgan fingerprint density at radius 3 is 2.79 bits per heavy atom. The average Bonchev–Trinajstić information content (AvgIpc) is 2.15. The van der Waals surface area contributed by atoms with Crippen LogP contribution < -0.4 is 5.73 Å². The van der Waals surface area contributed by atoms with Crippen molar-refractivity contribution < 1.29 is 14.3 Å². The molecule has 1 rings (SSSR count). The smallest absolute Gasteiger partial charge is 0.339 e. The summed E-state index contributed by atoms with van der Waals surface area (Å²) < 4.78 is 13.1. The molecule has 0 aliphatic carbocycles. The number of aromatic carboxylic acids is 1. The zero-order valence-electron chi connectivity index (χ0n) is 7.40. The molecule has 0 aliphatic heterocycles. The summed E-state index contributed by atoms with van der Waals surface area (Å²) >= 11 is 0. The van der Waals surface area contributed by atoms with Crippen molar-refractivity contribution in [2.75, 3.05) is 0 Å². The first-order valence-electron chi connectivity index (χ1n) is 3.97. The maximum absolute atomic E-state index is 13.1. The third-order valence-corrected chi connectivity index (χ3v) is 1.87. The molecule has 1 aromatic rings. The van der Waals surface area contributed by atoms with E-state index in [2.05, 4.69) is 6.58 Å². The van der Waals surface area contributed by atoms with Crippen LogP contribution in [0.25, 0.3) is 0 Å². The summed E-state index contributed by atoms with van der Waals surface area (Å²) in [7, 11) is 0. The Kier molecular flexibility index (Phi) is 2.99. The van der Waals surface area contributed by atoms with E-state index in [1.807, 2.05) is 0 Å². The largest absolute Gasteiger partial charge is 0.478 e. The average molecular weight is 195 g/mol. The molecule has 1 aromatic carbocycles. The van der Waals surface area contributed by atoms with E-state index in [9.17, 15) is 9.18 Å². The monoisotopic (exact) mass is 195 g/mol. The van der Waals surface area contributed by atoms with Crippen molar-refractivity contribution in [3.05, 3.63) is 47.8 Å². The number of nitrogens with two attached hydrogens (primary N) is 1. The molecule has 74 valence electrons. The van der Waals surface area contributed by atoms with E-state index in [1.165, 1.54) is 18.2 Å². The Morgan fingerprint density at radius 2 is 2.29 bits per heavy atom. The van der Waals surface area contributed by atoms with Gasteiger partial charge in [0.05, 0.1) is 0 Å². The van der Waals surface area contributed by atoms with Gasteiger partial charge in [-0.15, -0.1) is 6.58 Å². The van der Waals surface area contributed by atoms with Crippen LogP contribution in [0.5, 0.6) is 0 Å². The first-order chi connectivity index (χ1) is 6.57. The van der Waals surface area contributed by atoms with Gasteiger partial charge in [0.15, 0.2) is 0 Å². The highest BCUT2D eigenvalue weighted by Crippen LogP contribution is 2.19. The van der Waals surface area contributed by atoms with Crippen LogP contribution in [0.15, 0.2) is 30.9 Å². The molecule has 0 saturated carbocycles. The quantitative estimate of drug-likeness (QED) is 0.721. The number of hydrogen-bond donors (Lipinski definition) is 2. The van der Waals surface area contributed by atoms with Gasteiger partial charge in [0.1, 0.15) is 11.4 Å². The second-order valence-electron chi connectivity index (χ2n) is 2.77. The zero-order valence-corrected chi connectivity index (χ0v) is 7.40. The van der Waals surface area contributed by atoms with Gasteiger partial charge in [0, 0.05) is 6.04 Å². The maximum Gasteiger partial charge on any atom is 0.339 e. The summed E-state index contributed by atoms with van der Waals surface area (Å²) in [5, 5.41) is 8.76. The van der Waals surface area contributed by atoms with Crippen LogP contribution >= 0.6 is 0 Å². The fourth-order valence-corrected chi connectivity index (χ4v) is 1.17. The Balaban J connectivity index is 3.35. The molecule has 0 unspecified atom stereocenters. The van der Waals surface area contributed by atoms with Gasteiger partial charge in [-0.1, -0.05) is 18.2 Å². The number of halogens is 1. The van der Waals surface area contributed by atoms with E-state index >= 15 is 0 Å². The van der Waals surface area contributed by atoms with Gasteiger partial charge in [0.25, 0.3) is 0 Å². The summed E-state index contributed by atoms with van der Waals surface area (Å²) in [6.45, 7) is 3.43. The van der Waals surface area contributed by atoms with E-state index in [0.29, 0.717) is 0 Å². The first-order valence-corrected chi connectivity index (χ1v) is 3.97. The van der Waals surface area contributed by atoms with Crippen molar-refractivity contribution in [1.29, 1.82) is 0 Å². The Labute approximate surface area is 80.7 Å². The van der Waals surface area contributed by atoms with Gasteiger partial charge in [-0.25, -0.2) is 9.18 Å². The van der Waals surface area contributed by atoms with E-state index in [4.69, 9.17) is 10.8 Å². The molecule has 1 atom stereocenters. The van der Waals surface area contributed by atoms with Crippen molar-refractivity contribution in [2.24, 2.45) is 5.73 Å². The van der Waals surface area contributed by atoms with Gasteiger partial charge in [0.2, 0.25) is 0 Å². The molecule has 0 aliphatic rings. The summed E-state index contributed by atoms with van der Waals surface area (Å²) in [6.07, 6.45) is 1.36. The number of hydrogen-bond acceptors (Lipinski definition) is 2. The van der Waals surface area contributed by atoms with Gasteiger partial charge < -0.3 is 10.8 Å². The fourth-order valence-electron chi connectivity index (χ4n) is 1.17. The highest BCUT2D eigenvalue weighted by atomic mass is 19.1. The van der Waals surface area contributed by atoms with Crippen LogP contribution in [0.3, 0.4) is 0 Å². The van der Waals surface area contributed by atoms with E-state index in [-0.39, 0.29) is 11.1 Å². The number of rotatable bonds is 3. The molecule has 14 heavy (non-hydrogen) atoms. The van der Waals surface area contributed by atoms with Crippen molar-refractivity contribution in [2.45, 2.75) is 6.04 Å². The van der Waals surface area contributed by atoms with Gasteiger partial charge in [-0.05, 0) is 11.6 Å². The molecule has 0 saturated heterocycles. The second-order valence-corrected chi connectivity index (χ2v) is 2.77. The van der Waals surface area contributed by atoms with E-state index < -0.39 is 17.8 Å². The highest BCUT2D eigenvalue weighted by Gasteiger charge is 2.17. The minimum absolute atomic E-state index is 0.229. The topological polar surface area (TPSA) is 63.3 Å². The zero-order chi connectivity index (χ0) is 10.7. The van der Waals surface area contributed by atoms with E-state index in [0.717, 1.165) is 6.07 Å². The van der Waals surface area contributed by atoms with Crippen molar-refractivity contribution in [3.63, 3.8) is 0 Å². The van der Waals surface area contributed by atoms with Crippen LogP contribution in [0.4, 0.5) is 4.39 Å². The fraction of sp³-hybridized carbons (Fsp3) is 0.100. The Morgan fingerprint density at radius 1 is 1.64 bits per heavy atom. The van der Waals surface area contributed by atoms with Crippen molar-refractivity contribution in [1.82, 2.24) is 0 Å². The van der Waals surface area contributed by atoms with Crippen molar-refractivity contribution >= 4 is 5.97 Å². The van der Waals surface area contributed by atoms with Crippen LogP contribution in [-0.4, -0.2) is 11.1 Å². The minimum atomic E-state index is -1.32. The minimum Gasteiger partial charge on any atom is -0.478 e. The molecule has 0 fully saturated rings. The van der Waals surface area contributed by atoms with Gasteiger partial charge in [-0.2, -0.15) is 0 Å². The number of carboxylic acid groups (broad SMARTS) is 1. The van der Waals surface area contributed by atoms with Crippen LogP contribution in [-0.2, 0) is 0 Å². The summed E-state index contributed by atoms with van der Waals surface area (Å²) in [4.78, 5) is 10.7. The summed E-state index contributed by atoms with van der Waals surface area (Å²) in [5.41, 5.74) is 5.39. The molecule has 0 radical (unpaired) electrons. The maximum atomic E-state index is 13.1. The van der Waals surface area contributed by atoms with Crippen LogP contribution in [0, 0.1) is 5.82 Å². The normalized spacial score (nSPS) is 12.1. The molecule has 0 heterocycles. The number of carboxylic acids is 1. The first kappa shape index (κ1) is 10.4. The lowest BCUT2D eigenvalue weighted by molar-refractivity contribution is 0.0690. The van der Waals surface area contributed by atoms with Crippen LogP contribution in [0.1, 0.15) is 22.0 Å². The molecule has 0 amide bonds. The summed E-state index contributed by atoms with van der Waals surface area (Å²) in [5.74, 6) is -2.11. The molecule has 4 heteroatoms. The molecular formula is C10H10FNO2. The van der Waals surface area contributed by atoms with Crippen molar-refractivity contribution in [3.8, 4) is 0 Å². The molecule has 0 spiro atoms. The third kappa shape index (κ3) is 1.80. The predicted molar refractivity (Wildman–Crippen MR) is 50.5 cm³/mol. The van der Waals surface area contributed by atoms with E-state index in [1.54, 1.807) is 0 Å². The van der Waals surface area contributed by atoms with Gasteiger partial charge in [-0.3, -0.25) is 0 Å². The molecule has 0 aromatic heterocycles. The number of carbonyl (C=O) groups is 1. The lowest BCUT2D eigenvalue weighted by Gasteiger charge is -2.10. The lowest BCUT2D eigenvalue weighted by Crippen LogP contribution is -2.14. The summed E-state index contributed by atoms with van der Waals surface area (Å²) in [6, 6.07) is 3.30. The molecular weight excluding hydrogens is 185 g/mol. The second kappa shape index (κ2) is 4.02. The third-order valence-electron chi connectivity index (χ3n) is 1.87. The molecule has 3 nitrogen and oxygen atoms in total. The van der Waals surface area contributed by atoms with Crippen LogP contribution in [0.2, 0.25) is 0 Å². The lowest BCUT2D eigenvalue weighted by atomic mass is 10.0. The highest BCUT2D eigenvalue weighted by molar-refractivity contribution is 5.90. The predicted octanol–water partition coefficient (Wildman–Crippen LogP) is 1.71. The Bertz CT molecular complexity index is 376. The molecule has 3 N–H and O–H groups in total. The molecule has 0 bridgehead atoms. The number of benzene rings is 1. The Hall–Kier alpha value is -1.68. The standard InChI is InChI=1S/C10H10FNO2/c1-2-8(12)6-4-3-5-7(11)9(6)10(13)14/h2-5,8H,1,12H2,(H,13,14)/t8-/m1/s1.